The second-order valence-corrected chi connectivity index (χ2v) is 5.31. The van der Waals surface area contributed by atoms with E-state index in [1.807, 2.05) is 70.2 Å². The molecule has 20 heavy (non-hydrogen) atoms. The van der Waals surface area contributed by atoms with Crippen LogP contribution in [0.5, 0.6) is 5.75 Å². The first-order valence-electron chi connectivity index (χ1n) is 6.86. The molecule has 0 aliphatic heterocycles. The summed E-state index contributed by atoms with van der Waals surface area (Å²) in [6, 6.07) is 13.3. The molecule has 0 heterocycles. The van der Waals surface area contributed by atoms with Gasteiger partial charge in [0.05, 0.1) is 11.7 Å². The molecule has 0 N–H and O–H groups in total. The number of rotatable bonds is 4. The van der Waals surface area contributed by atoms with Crippen LogP contribution < -0.4 is 4.74 Å². The summed E-state index contributed by atoms with van der Waals surface area (Å²) in [5, 5.41) is 0. The second-order valence-electron chi connectivity index (χ2n) is 5.31. The highest BCUT2D eigenvalue weighted by Crippen LogP contribution is 2.24. The summed E-state index contributed by atoms with van der Waals surface area (Å²) in [7, 11) is 0. The molecule has 0 saturated heterocycles. The lowest BCUT2D eigenvalue weighted by molar-refractivity contribution is 0.103. The molecule has 0 saturated carbocycles. The Morgan fingerprint density at radius 1 is 1.00 bits per heavy atom. The van der Waals surface area contributed by atoms with E-state index in [1.54, 1.807) is 0 Å². The Morgan fingerprint density at radius 2 is 1.70 bits per heavy atom. The third-order valence-electron chi connectivity index (χ3n) is 3.12. The van der Waals surface area contributed by atoms with Gasteiger partial charge in [-0.2, -0.15) is 0 Å². The van der Waals surface area contributed by atoms with Crippen molar-refractivity contribution in [1.82, 2.24) is 0 Å². The number of aryl methyl sites for hydroxylation is 2. The molecule has 0 aliphatic carbocycles. The Morgan fingerprint density at radius 3 is 2.35 bits per heavy atom. The van der Waals surface area contributed by atoms with Gasteiger partial charge in [-0.1, -0.05) is 35.9 Å². The molecule has 2 aromatic carbocycles. The fourth-order valence-electron chi connectivity index (χ4n) is 2.22. The molecule has 0 unspecified atom stereocenters. The van der Waals surface area contributed by atoms with E-state index in [4.69, 9.17) is 4.74 Å². The first-order chi connectivity index (χ1) is 9.49. The predicted molar refractivity (Wildman–Crippen MR) is 81.6 cm³/mol. The average molecular weight is 268 g/mol. The summed E-state index contributed by atoms with van der Waals surface area (Å²) in [5.74, 6) is 0.659. The molecule has 0 radical (unpaired) electrons. The van der Waals surface area contributed by atoms with Crippen LogP contribution in [-0.4, -0.2) is 11.9 Å². The minimum atomic E-state index is 0.0127. The largest absolute Gasteiger partial charge is 0.490 e. The summed E-state index contributed by atoms with van der Waals surface area (Å²) in [6.45, 7) is 7.90. The monoisotopic (exact) mass is 268 g/mol. The van der Waals surface area contributed by atoms with Crippen molar-refractivity contribution in [2.24, 2.45) is 0 Å². The minimum absolute atomic E-state index is 0.0127. The SMILES string of the molecule is Cc1ccc(C(=O)c2ccccc2OC(C)C)c(C)c1. The molecule has 2 heteroatoms. The van der Waals surface area contributed by atoms with Crippen molar-refractivity contribution in [3.05, 3.63) is 64.7 Å². The smallest absolute Gasteiger partial charge is 0.197 e. The molecule has 2 nitrogen and oxygen atoms in total. The summed E-state index contributed by atoms with van der Waals surface area (Å²) < 4.78 is 5.73. The Bertz CT molecular complexity index is 627. The van der Waals surface area contributed by atoms with Crippen LogP contribution in [0, 0.1) is 13.8 Å². The van der Waals surface area contributed by atoms with Crippen LogP contribution >= 0.6 is 0 Å². The predicted octanol–water partition coefficient (Wildman–Crippen LogP) is 4.32. The number of carbonyl (C=O) groups excluding carboxylic acids is 1. The maximum atomic E-state index is 12.7. The van der Waals surface area contributed by atoms with Crippen molar-refractivity contribution in [2.75, 3.05) is 0 Å². The van der Waals surface area contributed by atoms with Gasteiger partial charge in [0.2, 0.25) is 0 Å². The molecule has 0 atom stereocenters. The Labute approximate surface area is 120 Å². The normalized spacial score (nSPS) is 10.7. The van der Waals surface area contributed by atoms with E-state index in [0.717, 1.165) is 16.7 Å². The lowest BCUT2D eigenvalue weighted by Crippen LogP contribution is -2.11. The average Bonchev–Trinajstić information content (AvgIpc) is 2.38. The number of ether oxygens (including phenoxy) is 1. The maximum Gasteiger partial charge on any atom is 0.197 e. The van der Waals surface area contributed by atoms with Crippen molar-refractivity contribution < 1.29 is 9.53 Å². The topological polar surface area (TPSA) is 26.3 Å². The highest BCUT2D eigenvalue weighted by atomic mass is 16.5. The standard InChI is InChI=1S/C18H20O2/c1-12(2)20-17-8-6-5-7-16(17)18(19)15-10-9-13(3)11-14(15)4/h5-12H,1-4H3. The zero-order valence-corrected chi connectivity index (χ0v) is 12.4. The Balaban J connectivity index is 2.43. The van der Waals surface area contributed by atoms with Gasteiger partial charge < -0.3 is 4.74 Å². The van der Waals surface area contributed by atoms with Crippen LogP contribution in [0.1, 0.15) is 40.9 Å². The van der Waals surface area contributed by atoms with E-state index in [0.29, 0.717) is 11.3 Å². The lowest BCUT2D eigenvalue weighted by atomic mass is 9.97. The molecule has 0 aliphatic rings. The Hall–Kier alpha value is -2.09. The first kappa shape index (κ1) is 14.3. The molecule has 0 amide bonds. The van der Waals surface area contributed by atoms with Gasteiger partial charge >= 0.3 is 0 Å². The van der Waals surface area contributed by atoms with E-state index in [2.05, 4.69) is 0 Å². The van der Waals surface area contributed by atoms with Crippen molar-refractivity contribution in [2.45, 2.75) is 33.8 Å². The van der Waals surface area contributed by atoms with Crippen LogP contribution in [0.2, 0.25) is 0 Å². The van der Waals surface area contributed by atoms with Gasteiger partial charge in [0.15, 0.2) is 5.78 Å². The minimum Gasteiger partial charge on any atom is -0.490 e. The van der Waals surface area contributed by atoms with E-state index < -0.39 is 0 Å². The zero-order valence-electron chi connectivity index (χ0n) is 12.4. The molecule has 0 aromatic heterocycles. The molecule has 0 fully saturated rings. The molecule has 104 valence electrons. The van der Waals surface area contributed by atoms with E-state index >= 15 is 0 Å². The number of ketones is 1. The van der Waals surface area contributed by atoms with Gasteiger partial charge in [-0.25, -0.2) is 0 Å². The number of hydrogen-bond acceptors (Lipinski definition) is 2. The van der Waals surface area contributed by atoms with Crippen molar-refractivity contribution in [3.63, 3.8) is 0 Å². The Kier molecular flexibility index (Phi) is 4.23. The summed E-state index contributed by atoms with van der Waals surface area (Å²) >= 11 is 0. The van der Waals surface area contributed by atoms with Gasteiger partial charge in [-0.15, -0.1) is 0 Å². The molecular formula is C18H20O2. The molecule has 2 aromatic rings. The summed E-state index contributed by atoms with van der Waals surface area (Å²) in [4.78, 5) is 12.7. The number of benzene rings is 2. The first-order valence-corrected chi connectivity index (χ1v) is 6.86. The fourth-order valence-corrected chi connectivity index (χ4v) is 2.22. The van der Waals surface area contributed by atoms with Crippen molar-refractivity contribution in [1.29, 1.82) is 0 Å². The van der Waals surface area contributed by atoms with Crippen molar-refractivity contribution >= 4 is 5.78 Å². The van der Waals surface area contributed by atoms with E-state index in [9.17, 15) is 4.79 Å². The maximum absolute atomic E-state index is 12.7. The van der Waals surface area contributed by atoms with Crippen LogP contribution in [0.25, 0.3) is 0 Å². The van der Waals surface area contributed by atoms with E-state index in [1.165, 1.54) is 0 Å². The number of carbonyl (C=O) groups is 1. The van der Waals surface area contributed by atoms with Gasteiger partial charge in [-0.3, -0.25) is 4.79 Å². The molecule has 0 spiro atoms. The van der Waals surface area contributed by atoms with Crippen LogP contribution in [0.4, 0.5) is 0 Å². The van der Waals surface area contributed by atoms with Gasteiger partial charge in [0.1, 0.15) is 5.75 Å². The van der Waals surface area contributed by atoms with Crippen LogP contribution in [0.15, 0.2) is 42.5 Å². The van der Waals surface area contributed by atoms with Gasteiger partial charge in [0, 0.05) is 5.56 Å². The van der Waals surface area contributed by atoms with Crippen LogP contribution in [-0.2, 0) is 0 Å². The number of hydrogen-bond donors (Lipinski definition) is 0. The summed E-state index contributed by atoms with van der Waals surface area (Å²) in [5.41, 5.74) is 3.50. The highest BCUT2D eigenvalue weighted by molar-refractivity contribution is 6.11. The third kappa shape index (κ3) is 3.08. The fraction of sp³-hybridized carbons (Fsp3) is 0.278. The molecular weight excluding hydrogens is 248 g/mol. The van der Waals surface area contributed by atoms with Gasteiger partial charge in [-0.05, 0) is 45.4 Å². The lowest BCUT2D eigenvalue weighted by Gasteiger charge is -2.14. The number of para-hydroxylation sites is 1. The zero-order chi connectivity index (χ0) is 14.7. The van der Waals surface area contributed by atoms with Gasteiger partial charge in [0.25, 0.3) is 0 Å². The van der Waals surface area contributed by atoms with E-state index in [-0.39, 0.29) is 11.9 Å². The second kappa shape index (κ2) is 5.91. The molecule has 2 rings (SSSR count). The molecule has 0 bridgehead atoms. The quantitative estimate of drug-likeness (QED) is 0.772. The third-order valence-corrected chi connectivity index (χ3v) is 3.12. The highest BCUT2D eigenvalue weighted by Gasteiger charge is 2.16. The van der Waals surface area contributed by atoms with Crippen LogP contribution in [0.3, 0.4) is 0 Å². The van der Waals surface area contributed by atoms with Crippen molar-refractivity contribution in [3.8, 4) is 5.75 Å². The summed E-state index contributed by atoms with van der Waals surface area (Å²) in [6.07, 6.45) is 0.0445.